The number of nitrogens with zero attached hydrogens (tertiary/aromatic N) is 1. The molecule has 0 saturated carbocycles. The lowest BCUT2D eigenvalue weighted by molar-refractivity contribution is -0.133. The smallest absolute Gasteiger partial charge is 0.407 e. The van der Waals surface area contributed by atoms with E-state index in [1.165, 1.54) is 12.1 Å². The highest BCUT2D eigenvalue weighted by molar-refractivity contribution is 5.80. The van der Waals surface area contributed by atoms with Gasteiger partial charge in [-0.1, -0.05) is 30.3 Å². The van der Waals surface area contributed by atoms with Gasteiger partial charge in [-0.15, -0.1) is 0 Å². The minimum absolute atomic E-state index is 0.0667. The van der Waals surface area contributed by atoms with Crippen LogP contribution >= 0.6 is 0 Å². The maximum Gasteiger partial charge on any atom is 0.407 e. The predicted octanol–water partition coefficient (Wildman–Crippen LogP) is 1.42. The molecule has 25 heavy (non-hydrogen) atoms. The summed E-state index contributed by atoms with van der Waals surface area (Å²) in [6, 6.07) is 15.4. The molecule has 2 aromatic rings. The molecular formula is C17H18N4O4. The molecule has 2 aromatic carbocycles. The molecule has 130 valence electrons. The Morgan fingerprint density at radius 1 is 1.00 bits per heavy atom. The van der Waals surface area contributed by atoms with Gasteiger partial charge in [-0.2, -0.15) is 0 Å². The molecule has 0 saturated heterocycles. The van der Waals surface area contributed by atoms with Crippen molar-refractivity contribution in [2.75, 3.05) is 6.54 Å². The van der Waals surface area contributed by atoms with Crippen LogP contribution in [0.1, 0.15) is 5.56 Å². The van der Waals surface area contributed by atoms with Crippen LogP contribution in [-0.4, -0.2) is 24.6 Å². The summed E-state index contributed by atoms with van der Waals surface area (Å²) in [7, 11) is 0. The van der Waals surface area contributed by atoms with Gasteiger partial charge < -0.3 is 26.3 Å². The monoisotopic (exact) mass is 342 g/mol. The van der Waals surface area contributed by atoms with Gasteiger partial charge in [0.15, 0.2) is 5.96 Å². The number of carbonyl (C=O) groups excluding carboxylic acids is 2. The summed E-state index contributed by atoms with van der Waals surface area (Å²) < 4.78 is 10.1. The van der Waals surface area contributed by atoms with Crippen molar-refractivity contribution in [1.29, 1.82) is 0 Å². The minimum atomic E-state index is -0.705. The fourth-order valence-electron chi connectivity index (χ4n) is 1.82. The molecule has 0 unspecified atom stereocenters. The molecule has 8 nitrogen and oxygen atoms in total. The quantitative estimate of drug-likeness (QED) is 0.315. The zero-order valence-corrected chi connectivity index (χ0v) is 13.3. The van der Waals surface area contributed by atoms with E-state index in [1.807, 2.05) is 30.3 Å². The number of hydrogen-bond donors (Lipinski definition) is 3. The molecular weight excluding hydrogens is 324 g/mol. The van der Waals surface area contributed by atoms with Gasteiger partial charge in [0, 0.05) is 0 Å². The van der Waals surface area contributed by atoms with Gasteiger partial charge >= 0.3 is 12.1 Å². The van der Waals surface area contributed by atoms with Crippen LogP contribution in [0.15, 0.2) is 59.6 Å². The van der Waals surface area contributed by atoms with Crippen LogP contribution in [0.2, 0.25) is 0 Å². The molecule has 0 heterocycles. The first-order chi connectivity index (χ1) is 12.0. The second-order valence-corrected chi connectivity index (χ2v) is 4.92. The Bertz CT molecular complexity index is 741. The van der Waals surface area contributed by atoms with E-state index < -0.39 is 12.1 Å². The Kier molecular flexibility index (Phi) is 6.35. The van der Waals surface area contributed by atoms with Crippen LogP contribution in [0.25, 0.3) is 0 Å². The second kappa shape index (κ2) is 8.92. The zero-order chi connectivity index (χ0) is 18.1. The van der Waals surface area contributed by atoms with E-state index in [4.69, 9.17) is 20.9 Å². The van der Waals surface area contributed by atoms with E-state index in [-0.39, 0.29) is 19.1 Å². The van der Waals surface area contributed by atoms with Crippen molar-refractivity contribution < 1.29 is 19.1 Å². The number of ether oxygens (including phenoxy) is 2. The molecule has 0 aliphatic carbocycles. The number of amides is 1. The van der Waals surface area contributed by atoms with Gasteiger partial charge in [-0.05, 0) is 29.8 Å². The normalized spacial score (nSPS) is 9.76. The number of hydrogen-bond acceptors (Lipinski definition) is 5. The van der Waals surface area contributed by atoms with Crippen LogP contribution in [0.5, 0.6) is 5.75 Å². The highest BCUT2D eigenvalue weighted by Crippen LogP contribution is 2.17. The summed E-state index contributed by atoms with van der Waals surface area (Å²) in [5.41, 5.74) is 11.9. The van der Waals surface area contributed by atoms with Crippen LogP contribution in [-0.2, 0) is 16.1 Å². The van der Waals surface area contributed by atoms with Crippen molar-refractivity contribution in [3.05, 3.63) is 60.2 Å². The second-order valence-electron chi connectivity index (χ2n) is 4.92. The number of rotatable bonds is 6. The number of nitrogens with one attached hydrogen (secondary N) is 1. The summed E-state index contributed by atoms with van der Waals surface area (Å²) in [6.07, 6.45) is -0.705. The molecule has 0 spiro atoms. The number of alkyl carbamates (subject to hydrolysis) is 1. The average Bonchev–Trinajstić information content (AvgIpc) is 2.60. The summed E-state index contributed by atoms with van der Waals surface area (Å²) in [5, 5.41) is 2.32. The van der Waals surface area contributed by atoms with Crippen molar-refractivity contribution in [3.63, 3.8) is 0 Å². The van der Waals surface area contributed by atoms with E-state index in [2.05, 4.69) is 10.3 Å². The molecule has 0 fully saturated rings. The number of nitrogens with two attached hydrogens (primary N) is 2. The maximum atomic E-state index is 11.7. The summed E-state index contributed by atoms with van der Waals surface area (Å²) in [4.78, 5) is 27.1. The van der Waals surface area contributed by atoms with Crippen molar-refractivity contribution >= 4 is 23.7 Å². The van der Waals surface area contributed by atoms with Gasteiger partial charge in [0.05, 0.1) is 5.69 Å². The van der Waals surface area contributed by atoms with E-state index >= 15 is 0 Å². The van der Waals surface area contributed by atoms with Gasteiger partial charge in [0.2, 0.25) is 0 Å². The fraction of sp³-hybridized carbons (Fsp3) is 0.118. The Balaban J connectivity index is 1.73. The molecule has 5 N–H and O–H groups in total. The molecule has 0 aliphatic heterocycles. The van der Waals surface area contributed by atoms with E-state index in [1.54, 1.807) is 12.1 Å². The van der Waals surface area contributed by atoms with Crippen molar-refractivity contribution in [2.45, 2.75) is 6.61 Å². The zero-order valence-electron chi connectivity index (χ0n) is 13.3. The number of aliphatic imine (C=N–C) groups is 1. The standard InChI is InChI=1S/C17H18N4O4/c18-16(19)21-13-6-8-14(9-7-13)25-15(22)10-20-17(23)24-11-12-4-2-1-3-5-12/h1-9H,10-11H2,(H,20,23)(H4,18,19,21). The van der Waals surface area contributed by atoms with Crippen LogP contribution < -0.4 is 21.5 Å². The lowest BCUT2D eigenvalue weighted by Crippen LogP contribution is -2.32. The third-order valence-electron chi connectivity index (χ3n) is 2.92. The fourth-order valence-corrected chi connectivity index (χ4v) is 1.82. The Labute approximate surface area is 144 Å². The first-order valence-electron chi connectivity index (χ1n) is 7.38. The largest absolute Gasteiger partial charge is 0.445 e. The highest BCUT2D eigenvalue weighted by atomic mass is 16.6. The predicted molar refractivity (Wildman–Crippen MR) is 92.2 cm³/mol. The molecule has 0 atom stereocenters. The van der Waals surface area contributed by atoms with Crippen LogP contribution in [0, 0.1) is 0 Å². The Hall–Kier alpha value is -3.55. The molecule has 0 bridgehead atoms. The highest BCUT2D eigenvalue weighted by Gasteiger charge is 2.09. The first-order valence-corrected chi connectivity index (χ1v) is 7.38. The summed E-state index contributed by atoms with van der Waals surface area (Å²) >= 11 is 0. The number of carbonyl (C=O) groups is 2. The SMILES string of the molecule is NC(N)=Nc1ccc(OC(=O)CNC(=O)OCc2ccccc2)cc1. The molecule has 0 radical (unpaired) electrons. The molecule has 8 heteroatoms. The average molecular weight is 342 g/mol. The minimum Gasteiger partial charge on any atom is -0.445 e. The molecule has 0 aliphatic rings. The van der Waals surface area contributed by atoms with Crippen molar-refractivity contribution in [3.8, 4) is 5.75 Å². The van der Waals surface area contributed by atoms with Crippen LogP contribution in [0.4, 0.5) is 10.5 Å². The number of benzene rings is 2. The van der Waals surface area contributed by atoms with Crippen molar-refractivity contribution in [1.82, 2.24) is 5.32 Å². The van der Waals surface area contributed by atoms with Gasteiger partial charge in [0.25, 0.3) is 0 Å². The summed E-state index contributed by atoms with van der Waals surface area (Å²) in [5.74, 6) is -0.395. The topological polar surface area (TPSA) is 129 Å². The Morgan fingerprint density at radius 2 is 1.68 bits per heavy atom. The third-order valence-corrected chi connectivity index (χ3v) is 2.92. The van der Waals surface area contributed by atoms with Crippen LogP contribution in [0.3, 0.4) is 0 Å². The van der Waals surface area contributed by atoms with E-state index in [0.717, 1.165) is 5.56 Å². The summed E-state index contributed by atoms with van der Waals surface area (Å²) in [6.45, 7) is -0.197. The maximum absolute atomic E-state index is 11.7. The van der Waals surface area contributed by atoms with Gasteiger partial charge in [0.1, 0.15) is 18.9 Å². The lowest BCUT2D eigenvalue weighted by Gasteiger charge is -2.07. The van der Waals surface area contributed by atoms with Gasteiger partial charge in [-0.3, -0.25) is 0 Å². The number of esters is 1. The first kappa shape index (κ1) is 17.8. The molecule has 1 amide bonds. The third kappa shape index (κ3) is 6.61. The molecule has 0 aromatic heterocycles. The lowest BCUT2D eigenvalue weighted by atomic mass is 10.2. The van der Waals surface area contributed by atoms with Gasteiger partial charge in [-0.25, -0.2) is 14.6 Å². The molecule has 2 rings (SSSR count). The van der Waals surface area contributed by atoms with E-state index in [9.17, 15) is 9.59 Å². The Morgan fingerprint density at radius 3 is 2.32 bits per heavy atom. The van der Waals surface area contributed by atoms with Crippen molar-refractivity contribution in [2.24, 2.45) is 16.5 Å². The van der Waals surface area contributed by atoms with E-state index in [0.29, 0.717) is 11.4 Å². The number of guanidine groups is 1.